The molecule has 0 radical (unpaired) electrons. The zero-order chi connectivity index (χ0) is 13.1. The minimum Gasteiger partial charge on any atom is -0.377 e. The highest BCUT2D eigenvalue weighted by molar-refractivity contribution is 7.21. The first-order valence-electron chi connectivity index (χ1n) is 6.64. The molecular weight excluding hydrogens is 276 g/mol. The predicted molar refractivity (Wildman–Crippen MR) is 80.8 cm³/mol. The summed E-state index contributed by atoms with van der Waals surface area (Å²) in [5, 5.41) is 6.74. The van der Waals surface area contributed by atoms with Gasteiger partial charge in [0.25, 0.3) is 0 Å². The molecule has 102 valence electrons. The molecule has 0 bridgehead atoms. The lowest BCUT2D eigenvalue weighted by Crippen LogP contribution is -2.25. The second kappa shape index (κ2) is 6.13. The molecule has 1 unspecified atom stereocenters. The van der Waals surface area contributed by atoms with E-state index in [1.165, 1.54) is 28.2 Å². The highest BCUT2D eigenvalue weighted by atomic mass is 32.1. The standard InChI is InChI=1S/C14H18N2OS2/c1-10-4-6-18-14(10)12-8-16-13(19-12)9-15-7-11-3-2-5-17-11/h4,6,8,11,15H,2-3,5,7,9H2,1H3. The highest BCUT2D eigenvalue weighted by Gasteiger charge is 2.15. The second-order valence-corrected chi connectivity index (χ2v) is 6.85. The Labute approximate surface area is 121 Å². The quantitative estimate of drug-likeness (QED) is 0.917. The van der Waals surface area contributed by atoms with Gasteiger partial charge in [0, 0.05) is 30.8 Å². The second-order valence-electron chi connectivity index (χ2n) is 4.82. The number of hydrogen-bond donors (Lipinski definition) is 1. The molecule has 1 aliphatic rings. The number of aryl methyl sites for hydroxylation is 1. The van der Waals surface area contributed by atoms with Crippen molar-refractivity contribution >= 4 is 22.7 Å². The van der Waals surface area contributed by atoms with Crippen molar-refractivity contribution in [1.29, 1.82) is 0 Å². The van der Waals surface area contributed by atoms with Crippen molar-refractivity contribution < 1.29 is 4.74 Å². The van der Waals surface area contributed by atoms with Crippen molar-refractivity contribution in [3.8, 4) is 9.75 Å². The van der Waals surface area contributed by atoms with E-state index in [2.05, 4.69) is 28.7 Å². The van der Waals surface area contributed by atoms with Gasteiger partial charge >= 0.3 is 0 Å². The summed E-state index contributed by atoms with van der Waals surface area (Å²) >= 11 is 3.57. The largest absolute Gasteiger partial charge is 0.377 e. The van der Waals surface area contributed by atoms with Gasteiger partial charge in [-0.3, -0.25) is 0 Å². The number of ether oxygens (including phenoxy) is 1. The van der Waals surface area contributed by atoms with Crippen LogP contribution in [0.15, 0.2) is 17.6 Å². The van der Waals surface area contributed by atoms with E-state index < -0.39 is 0 Å². The lowest BCUT2D eigenvalue weighted by Gasteiger charge is -2.09. The summed E-state index contributed by atoms with van der Waals surface area (Å²) in [6.07, 6.45) is 4.78. The average molecular weight is 294 g/mol. The lowest BCUT2D eigenvalue weighted by molar-refractivity contribution is 0.110. The molecule has 3 nitrogen and oxygen atoms in total. The lowest BCUT2D eigenvalue weighted by atomic mass is 10.2. The van der Waals surface area contributed by atoms with Gasteiger partial charge in [-0.05, 0) is 36.8 Å². The molecule has 1 aliphatic heterocycles. The maximum Gasteiger partial charge on any atom is 0.107 e. The van der Waals surface area contributed by atoms with Crippen LogP contribution in [0.1, 0.15) is 23.4 Å². The zero-order valence-electron chi connectivity index (χ0n) is 11.0. The summed E-state index contributed by atoms with van der Waals surface area (Å²) in [6, 6.07) is 2.16. The Hall–Kier alpha value is -0.750. The first kappa shape index (κ1) is 13.2. The number of rotatable bonds is 5. The van der Waals surface area contributed by atoms with Crippen LogP contribution in [0, 0.1) is 6.92 Å². The highest BCUT2D eigenvalue weighted by Crippen LogP contribution is 2.33. The Morgan fingerprint density at radius 1 is 1.53 bits per heavy atom. The van der Waals surface area contributed by atoms with Crippen molar-refractivity contribution in [2.75, 3.05) is 13.2 Å². The number of nitrogens with one attached hydrogen (secondary N) is 1. The average Bonchev–Trinajstić information content (AvgIpc) is 3.10. The van der Waals surface area contributed by atoms with Gasteiger partial charge in [0.05, 0.1) is 11.0 Å². The van der Waals surface area contributed by atoms with Gasteiger partial charge in [-0.15, -0.1) is 22.7 Å². The summed E-state index contributed by atoms with van der Waals surface area (Å²) < 4.78 is 5.59. The van der Waals surface area contributed by atoms with Crippen LogP contribution >= 0.6 is 22.7 Å². The van der Waals surface area contributed by atoms with Crippen molar-refractivity contribution in [2.45, 2.75) is 32.4 Å². The third kappa shape index (κ3) is 3.23. The molecule has 1 saturated heterocycles. The number of thiophene rings is 1. The Balaban J connectivity index is 1.55. The zero-order valence-corrected chi connectivity index (χ0v) is 12.6. The maximum atomic E-state index is 5.59. The Morgan fingerprint density at radius 3 is 3.21 bits per heavy atom. The Kier molecular flexibility index (Phi) is 4.28. The van der Waals surface area contributed by atoms with E-state index in [0.717, 1.165) is 24.7 Å². The van der Waals surface area contributed by atoms with E-state index in [9.17, 15) is 0 Å². The number of aromatic nitrogens is 1. The van der Waals surface area contributed by atoms with Crippen molar-refractivity contribution in [1.82, 2.24) is 10.3 Å². The Bertz CT molecular complexity index is 529. The van der Waals surface area contributed by atoms with Gasteiger partial charge in [-0.25, -0.2) is 4.98 Å². The molecule has 5 heteroatoms. The first-order chi connectivity index (χ1) is 9.33. The van der Waals surface area contributed by atoms with Crippen molar-refractivity contribution in [3.05, 3.63) is 28.2 Å². The first-order valence-corrected chi connectivity index (χ1v) is 8.34. The van der Waals surface area contributed by atoms with Gasteiger partial charge in [0.1, 0.15) is 5.01 Å². The molecule has 0 aliphatic carbocycles. The molecule has 2 aromatic rings. The fraction of sp³-hybridized carbons (Fsp3) is 0.500. The summed E-state index contributed by atoms with van der Waals surface area (Å²) in [7, 11) is 0. The van der Waals surface area contributed by atoms with E-state index >= 15 is 0 Å². The molecular formula is C14H18N2OS2. The summed E-state index contributed by atoms with van der Waals surface area (Å²) in [5.74, 6) is 0. The molecule has 0 saturated carbocycles. The molecule has 3 rings (SSSR count). The number of nitrogens with zero attached hydrogens (tertiary/aromatic N) is 1. The monoisotopic (exact) mass is 294 g/mol. The summed E-state index contributed by atoms with van der Waals surface area (Å²) in [4.78, 5) is 7.13. The van der Waals surface area contributed by atoms with Crippen LogP contribution in [0.25, 0.3) is 9.75 Å². The molecule has 3 heterocycles. The van der Waals surface area contributed by atoms with Gasteiger partial charge in [0.2, 0.25) is 0 Å². The molecule has 1 fully saturated rings. The molecule has 1 N–H and O–H groups in total. The van der Waals surface area contributed by atoms with Gasteiger partial charge in [-0.2, -0.15) is 0 Å². The minimum atomic E-state index is 0.402. The summed E-state index contributed by atoms with van der Waals surface area (Å²) in [5.41, 5.74) is 1.34. The van der Waals surface area contributed by atoms with Crippen molar-refractivity contribution in [2.24, 2.45) is 0 Å². The predicted octanol–water partition coefficient (Wildman–Crippen LogP) is 3.45. The fourth-order valence-corrected chi connectivity index (χ4v) is 4.26. The van der Waals surface area contributed by atoms with Crippen LogP contribution < -0.4 is 5.32 Å². The van der Waals surface area contributed by atoms with Gasteiger partial charge < -0.3 is 10.1 Å². The SMILES string of the molecule is Cc1ccsc1-c1cnc(CNCC2CCCO2)s1. The van der Waals surface area contributed by atoms with Gasteiger partial charge in [0.15, 0.2) is 0 Å². The number of thiazole rings is 1. The molecule has 2 aromatic heterocycles. The minimum absolute atomic E-state index is 0.402. The molecule has 0 amide bonds. The van der Waals surface area contributed by atoms with Crippen LogP contribution in [0.4, 0.5) is 0 Å². The fourth-order valence-electron chi connectivity index (χ4n) is 2.27. The van der Waals surface area contributed by atoms with E-state index in [1.54, 1.807) is 22.7 Å². The molecule has 0 aromatic carbocycles. The topological polar surface area (TPSA) is 34.2 Å². The number of hydrogen-bond acceptors (Lipinski definition) is 5. The molecule has 19 heavy (non-hydrogen) atoms. The smallest absolute Gasteiger partial charge is 0.107 e. The van der Waals surface area contributed by atoms with Crippen LogP contribution in [0.3, 0.4) is 0 Å². The van der Waals surface area contributed by atoms with Crippen molar-refractivity contribution in [3.63, 3.8) is 0 Å². The van der Waals surface area contributed by atoms with Crippen LogP contribution in [0.5, 0.6) is 0 Å². The van der Waals surface area contributed by atoms with Crippen LogP contribution in [0.2, 0.25) is 0 Å². The maximum absolute atomic E-state index is 5.59. The van der Waals surface area contributed by atoms with Crippen LogP contribution in [-0.4, -0.2) is 24.2 Å². The van der Waals surface area contributed by atoms with E-state index in [0.29, 0.717) is 6.10 Å². The third-order valence-corrected chi connectivity index (χ3v) is 5.51. The van der Waals surface area contributed by atoms with E-state index in [1.807, 2.05) is 6.20 Å². The molecule has 0 spiro atoms. The third-order valence-electron chi connectivity index (χ3n) is 3.31. The van der Waals surface area contributed by atoms with Gasteiger partial charge in [-0.1, -0.05) is 0 Å². The Morgan fingerprint density at radius 2 is 2.47 bits per heavy atom. The molecule has 1 atom stereocenters. The normalized spacial score (nSPS) is 19.1. The van der Waals surface area contributed by atoms with E-state index in [4.69, 9.17) is 4.74 Å². The van der Waals surface area contributed by atoms with E-state index in [-0.39, 0.29) is 0 Å². The summed E-state index contributed by atoms with van der Waals surface area (Å²) in [6.45, 7) is 4.86. The van der Waals surface area contributed by atoms with Crippen LogP contribution in [-0.2, 0) is 11.3 Å².